The average molecular weight is 246 g/mol. The lowest BCUT2D eigenvalue weighted by Gasteiger charge is -2.18. The molecule has 0 aliphatic carbocycles. The summed E-state index contributed by atoms with van der Waals surface area (Å²) in [6, 6.07) is 7.65. The molecule has 98 valence electrons. The van der Waals surface area contributed by atoms with Crippen LogP contribution in [0.5, 0.6) is 5.75 Å². The molecule has 0 bridgehead atoms. The van der Waals surface area contributed by atoms with E-state index < -0.39 is 0 Å². The van der Waals surface area contributed by atoms with Crippen LogP contribution in [0.4, 0.5) is 0 Å². The van der Waals surface area contributed by atoms with Crippen molar-refractivity contribution in [3.63, 3.8) is 0 Å². The molecule has 0 heterocycles. The lowest BCUT2D eigenvalue weighted by molar-refractivity contribution is 0.364. The van der Waals surface area contributed by atoms with Crippen molar-refractivity contribution in [2.24, 2.45) is 5.41 Å². The first-order chi connectivity index (χ1) is 8.46. The quantitative estimate of drug-likeness (QED) is 0.812. The Kier molecular flexibility index (Phi) is 5.18. The molecule has 0 spiro atoms. The summed E-state index contributed by atoms with van der Waals surface area (Å²) in [7, 11) is 1.65. The zero-order valence-corrected chi connectivity index (χ0v) is 11.7. The van der Waals surface area contributed by atoms with Crippen molar-refractivity contribution in [2.45, 2.75) is 33.7 Å². The van der Waals surface area contributed by atoms with Crippen molar-refractivity contribution in [3.8, 4) is 11.8 Å². The van der Waals surface area contributed by atoms with E-state index in [4.69, 9.17) is 10.00 Å². The van der Waals surface area contributed by atoms with Crippen molar-refractivity contribution >= 4 is 0 Å². The van der Waals surface area contributed by atoms with Crippen LogP contribution in [-0.2, 0) is 6.54 Å². The summed E-state index contributed by atoms with van der Waals surface area (Å²) < 4.78 is 5.29. The molecule has 1 aromatic rings. The highest BCUT2D eigenvalue weighted by Crippen LogP contribution is 2.20. The van der Waals surface area contributed by atoms with Gasteiger partial charge in [-0.3, -0.25) is 0 Å². The Morgan fingerprint density at radius 1 is 1.33 bits per heavy atom. The summed E-state index contributed by atoms with van der Waals surface area (Å²) >= 11 is 0. The fourth-order valence-corrected chi connectivity index (χ4v) is 1.67. The Hall–Kier alpha value is -1.53. The Morgan fingerprint density at radius 2 is 2.06 bits per heavy atom. The number of nitrogens with zero attached hydrogens (tertiary/aromatic N) is 1. The summed E-state index contributed by atoms with van der Waals surface area (Å²) in [5.41, 5.74) is 2.04. The monoisotopic (exact) mass is 246 g/mol. The van der Waals surface area contributed by atoms with Gasteiger partial charge in [-0.15, -0.1) is 0 Å². The first-order valence-electron chi connectivity index (χ1n) is 6.24. The van der Waals surface area contributed by atoms with Crippen molar-refractivity contribution in [1.82, 2.24) is 5.32 Å². The minimum absolute atomic E-state index is 0.339. The molecule has 0 saturated heterocycles. The summed E-state index contributed by atoms with van der Waals surface area (Å²) in [6.45, 7) is 8.38. The Bertz CT molecular complexity index is 427. The predicted molar refractivity (Wildman–Crippen MR) is 73.5 cm³/mol. The number of hydrogen-bond acceptors (Lipinski definition) is 3. The molecule has 1 rings (SSSR count). The van der Waals surface area contributed by atoms with Crippen LogP contribution in [0.2, 0.25) is 0 Å². The van der Waals surface area contributed by atoms with E-state index in [1.165, 1.54) is 0 Å². The third-order valence-corrected chi connectivity index (χ3v) is 2.78. The fraction of sp³-hybridized carbons (Fsp3) is 0.533. The van der Waals surface area contributed by atoms with Crippen molar-refractivity contribution in [3.05, 3.63) is 29.3 Å². The molecular formula is C15H22N2O. The lowest BCUT2D eigenvalue weighted by Crippen LogP contribution is -2.20. The van der Waals surface area contributed by atoms with Gasteiger partial charge in [0.05, 0.1) is 18.7 Å². The van der Waals surface area contributed by atoms with Gasteiger partial charge in [0.1, 0.15) is 5.75 Å². The molecule has 3 nitrogen and oxygen atoms in total. The van der Waals surface area contributed by atoms with E-state index in [-0.39, 0.29) is 0 Å². The maximum atomic E-state index is 8.89. The summed E-state index contributed by atoms with van der Waals surface area (Å²) in [5.74, 6) is 0.831. The van der Waals surface area contributed by atoms with Crippen LogP contribution in [0.1, 0.15) is 38.3 Å². The Labute approximate surface area is 110 Å². The number of ether oxygens (including phenoxy) is 1. The Morgan fingerprint density at radius 3 is 2.61 bits per heavy atom. The van der Waals surface area contributed by atoms with Crippen LogP contribution in [0.3, 0.4) is 0 Å². The van der Waals surface area contributed by atoms with E-state index >= 15 is 0 Å². The first-order valence-corrected chi connectivity index (χ1v) is 6.24. The van der Waals surface area contributed by atoms with E-state index in [0.29, 0.717) is 11.0 Å². The molecule has 0 saturated carbocycles. The zero-order chi connectivity index (χ0) is 13.6. The third kappa shape index (κ3) is 4.77. The van der Waals surface area contributed by atoms with Gasteiger partial charge in [0.15, 0.2) is 0 Å². The van der Waals surface area contributed by atoms with Crippen molar-refractivity contribution in [2.75, 3.05) is 13.7 Å². The molecule has 0 radical (unpaired) electrons. The van der Waals surface area contributed by atoms with Crippen LogP contribution >= 0.6 is 0 Å². The van der Waals surface area contributed by atoms with Gasteiger partial charge in [0.2, 0.25) is 0 Å². The maximum Gasteiger partial charge on any atom is 0.123 e. The number of rotatable bonds is 5. The van der Waals surface area contributed by atoms with Gasteiger partial charge in [0.25, 0.3) is 0 Å². The summed E-state index contributed by atoms with van der Waals surface area (Å²) in [5, 5.41) is 12.3. The highest BCUT2D eigenvalue weighted by atomic mass is 16.5. The minimum atomic E-state index is 0.339. The van der Waals surface area contributed by atoms with Crippen molar-refractivity contribution in [1.29, 1.82) is 5.26 Å². The molecule has 0 unspecified atom stereocenters. The van der Waals surface area contributed by atoms with Gasteiger partial charge in [-0.25, -0.2) is 0 Å². The highest BCUT2D eigenvalue weighted by Gasteiger charge is 2.09. The second-order valence-electron chi connectivity index (χ2n) is 5.63. The second kappa shape index (κ2) is 6.42. The minimum Gasteiger partial charge on any atom is -0.496 e. The fourth-order valence-electron chi connectivity index (χ4n) is 1.67. The van der Waals surface area contributed by atoms with E-state index in [2.05, 4.69) is 32.2 Å². The highest BCUT2D eigenvalue weighted by molar-refractivity contribution is 5.41. The van der Waals surface area contributed by atoms with Crippen LogP contribution in [0.15, 0.2) is 18.2 Å². The number of benzene rings is 1. The lowest BCUT2D eigenvalue weighted by atomic mass is 9.92. The first kappa shape index (κ1) is 14.5. The molecule has 1 aromatic carbocycles. The molecular weight excluding hydrogens is 224 g/mol. The normalized spacial score (nSPS) is 11.1. The van der Waals surface area contributed by atoms with Gasteiger partial charge < -0.3 is 10.1 Å². The largest absolute Gasteiger partial charge is 0.496 e. The molecule has 0 aliphatic rings. The number of nitrogens with one attached hydrogen (secondary N) is 1. The average Bonchev–Trinajstić information content (AvgIpc) is 2.33. The van der Waals surface area contributed by atoms with Crippen LogP contribution in [-0.4, -0.2) is 13.7 Å². The van der Waals surface area contributed by atoms with Crippen LogP contribution in [0.25, 0.3) is 0 Å². The van der Waals surface area contributed by atoms with Crippen LogP contribution < -0.4 is 10.1 Å². The van der Waals surface area contributed by atoms with Crippen LogP contribution in [0, 0.1) is 16.7 Å². The standard InChI is InChI=1S/C15H22N2O/c1-15(2,3)7-8-17-11-13-9-12(10-16)5-6-14(13)18-4/h5-6,9,17H,7-8,11H2,1-4H3. The van der Waals surface area contributed by atoms with Gasteiger partial charge in [0, 0.05) is 12.1 Å². The number of nitriles is 1. The van der Waals surface area contributed by atoms with E-state index in [0.717, 1.165) is 30.8 Å². The predicted octanol–water partition coefficient (Wildman–Crippen LogP) is 3.09. The summed E-state index contributed by atoms with van der Waals surface area (Å²) in [6.07, 6.45) is 1.12. The molecule has 3 heteroatoms. The summed E-state index contributed by atoms with van der Waals surface area (Å²) in [4.78, 5) is 0. The molecule has 0 aromatic heterocycles. The molecule has 0 fully saturated rings. The van der Waals surface area contributed by atoms with Gasteiger partial charge in [-0.05, 0) is 36.6 Å². The topological polar surface area (TPSA) is 45.0 Å². The molecule has 18 heavy (non-hydrogen) atoms. The number of methoxy groups -OCH3 is 1. The smallest absolute Gasteiger partial charge is 0.123 e. The maximum absolute atomic E-state index is 8.89. The zero-order valence-electron chi connectivity index (χ0n) is 11.7. The molecule has 1 N–H and O–H groups in total. The van der Waals surface area contributed by atoms with E-state index in [1.54, 1.807) is 13.2 Å². The van der Waals surface area contributed by atoms with Gasteiger partial charge in [-0.2, -0.15) is 5.26 Å². The van der Waals surface area contributed by atoms with E-state index in [9.17, 15) is 0 Å². The number of hydrogen-bond donors (Lipinski definition) is 1. The Balaban J connectivity index is 2.58. The molecule has 0 amide bonds. The SMILES string of the molecule is COc1ccc(C#N)cc1CNCCC(C)(C)C. The van der Waals surface area contributed by atoms with Gasteiger partial charge in [-0.1, -0.05) is 20.8 Å². The molecule has 0 atom stereocenters. The second-order valence-corrected chi connectivity index (χ2v) is 5.63. The van der Waals surface area contributed by atoms with Crippen molar-refractivity contribution < 1.29 is 4.74 Å². The van der Waals surface area contributed by atoms with E-state index in [1.807, 2.05) is 12.1 Å². The molecule has 0 aliphatic heterocycles. The van der Waals surface area contributed by atoms with Gasteiger partial charge >= 0.3 is 0 Å². The third-order valence-electron chi connectivity index (χ3n) is 2.78.